The normalized spacial score (nSPS) is 25.8. The van der Waals surface area contributed by atoms with Gasteiger partial charge in [-0.05, 0) is 39.8 Å². The molecule has 2 saturated carbocycles. The van der Waals surface area contributed by atoms with E-state index in [-0.39, 0.29) is 5.41 Å². The van der Waals surface area contributed by atoms with Crippen LogP contribution in [0.3, 0.4) is 0 Å². The molecule has 2 N–H and O–H groups in total. The Labute approximate surface area is 125 Å². The van der Waals surface area contributed by atoms with E-state index in [0.29, 0.717) is 12.1 Å². The summed E-state index contributed by atoms with van der Waals surface area (Å²) in [7, 11) is 4.46. The van der Waals surface area contributed by atoms with E-state index in [4.69, 9.17) is 0 Å². The second-order valence-electron chi connectivity index (χ2n) is 7.50. The molecule has 2 fully saturated rings. The Morgan fingerprint density at radius 1 is 0.850 bits per heavy atom. The largest absolute Gasteiger partial charge is 0.396 e. The molecule has 0 heterocycles. The summed E-state index contributed by atoms with van der Waals surface area (Å²) in [6, 6.07) is 0. The van der Waals surface area contributed by atoms with Crippen LogP contribution in [-0.2, 0) is 0 Å². The van der Waals surface area contributed by atoms with Crippen LogP contribution >= 0.6 is 0 Å². The Balaban J connectivity index is 1.86. The second kappa shape index (κ2) is 7.24. The van der Waals surface area contributed by atoms with Crippen LogP contribution in [0.2, 0.25) is 0 Å². The molecule has 0 saturated heterocycles. The van der Waals surface area contributed by atoms with Gasteiger partial charge in [-0.25, -0.2) is 0 Å². The van der Waals surface area contributed by atoms with E-state index >= 15 is 0 Å². The summed E-state index contributed by atoms with van der Waals surface area (Å²) in [4.78, 5) is 2.44. The molecule has 2 rings (SSSR count). The van der Waals surface area contributed by atoms with Gasteiger partial charge in [-0.2, -0.15) is 0 Å². The smallest absolute Gasteiger partial charge is 0.0499 e. The fourth-order valence-corrected chi connectivity index (χ4v) is 4.24. The molecule has 0 unspecified atom stereocenters. The van der Waals surface area contributed by atoms with Crippen molar-refractivity contribution in [3.05, 3.63) is 0 Å². The van der Waals surface area contributed by atoms with E-state index in [1.165, 1.54) is 64.2 Å². The van der Waals surface area contributed by atoms with Crippen LogP contribution in [0, 0.1) is 5.41 Å². The lowest BCUT2D eigenvalue weighted by Gasteiger charge is -2.44. The van der Waals surface area contributed by atoms with Gasteiger partial charge in [0.1, 0.15) is 0 Å². The summed E-state index contributed by atoms with van der Waals surface area (Å²) in [5.74, 6) is 0. The molecule has 3 nitrogen and oxygen atoms in total. The highest BCUT2D eigenvalue weighted by Gasteiger charge is 2.36. The van der Waals surface area contributed by atoms with Crippen molar-refractivity contribution in [2.75, 3.05) is 33.8 Å². The molecular formula is C17H34N2O. The van der Waals surface area contributed by atoms with Crippen molar-refractivity contribution in [1.29, 1.82) is 0 Å². The average Bonchev–Trinajstić information content (AvgIpc) is 2.49. The van der Waals surface area contributed by atoms with Crippen molar-refractivity contribution >= 4 is 0 Å². The molecule has 2 aliphatic carbocycles. The first-order valence-electron chi connectivity index (χ1n) is 8.62. The molecule has 0 aliphatic heterocycles. The molecule has 0 aromatic carbocycles. The molecule has 0 bridgehead atoms. The summed E-state index contributed by atoms with van der Waals surface area (Å²) in [6.07, 6.45) is 13.1. The van der Waals surface area contributed by atoms with Gasteiger partial charge in [-0.3, -0.25) is 0 Å². The second-order valence-corrected chi connectivity index (χ2v) is 7.50. The van der Waals surface area contributed by atoms with Crippen LogP contribution in [0.1, 0.15) is 64.2 Å². The van der Waals surface area contributed by atoms with Gasteiger partial charge in [0.2, 0.25) is 0 Å². The van der Waals surface area contributed by atoms with Gasteiger partial charge >= 0.3 is 0 Å². The lowest BCUT2D eigenvalue weighted by atomic mass is 9.74. The number of hydrogen-bond donors (Lipinski definition) is 2. The van der Waals surface area contributed by atoms with E-state index in [2.05, 4.69) is 24.3 Å². The van der Waals surface area contributed by atoms with Crippen LogP contribution in [0.5, 0.6) is 0 Å². The third-order valence-electron chi connectivity index (χ3n) is 5.94. The molecule has 0 amide bonds. The lowest BCUT2D eigenvalue weighted by molar-refractivity contribution is 0.0631. The monoisotopic (exact) mass is 282 g/mol. The third-order valence-corrected chi connectivity index (χ3v) is 5.94. The number of hydrogen-bond acceptors (Lipinski definition) is 3. The Morgan fingerprint density at radius 3 is 1.90 bits per heavy atom. The van der Waals surface area contributed by atoms with Gasteiger partial charge < -0.3 is 15.3 Å². The summed E-state index contributed by atoms with van der Waals surface area (Å²) in [6.45, 7) is 2.44. The first-order valence-corrected chi connectivity index (χ1v) is 8.62. The highest BCUT2D eigenvalue weighted by molar-refractivity contribution is 4.94. The van der Waals surface area contributed by atoms with E-state index in [1.54, 1.807) is 0 Å². The Hall–Kier alpha value is -0.120. The molecule has 0 aromatic rings. The molecule has 0 radical (unpaired) electrons. The molecule has 118 valence electrons. The number of rotatable bonds is 6. The van der Waals surface area contributed by atoms with Crippen molar-refractivity contribution in [2.24, 2.45) is 5.41 Å². The quantitative estimate of drug-likeness (QED) is 0.786. The number of aliphatic hydroxyl groups excluding tert-OH is 1. The van der Waals surface area contributed by atoms with Gasteiger partial charge in [-0.15, -0.1) is 0 Å². The maximum Gasteiger partial charge on any atom is 0.0499 e. The molecular weight excluding hydrogens is 248 g/mol. The highest BCUT2D eigenvalue weighted by atomic mass is 16.3. The molecule has 0 atom stereocenters. The topological polar surface area (TPSA) is 35.5 Å². The fourth-order valence-electron chi connectivity index (χ4n) is 4.24. The Morgan fingerprint density at radius 2 is 1.40 bits per heavy atom. The van der Waals surface area contributed by atoms with Gasteiger partial charge in [0, 0.05) is 30.7 Å². The van der Waals surface area contributed by atoms with Crippen molar-refractivity contribution in [1.82, 2.24) is 10.2 Å². The predicted octanol–water partition coefficient (Wildman–Crippen LogP) is 2.78. The first-order chi connectivity index (χ1) is 9.63. The Kier molecular flexibility index (Phi) is 5.88. The third kappa shape index (κ3) is 3.75. The fraction of sp³-hybridized carbons (Fsp3) is 1.00. The molecule has 20 heavy (non-hydrogen) atoms. The predicted molar refractivity (Wildman–Crippen MR) is 85.0 cm³/mol. The zero-order valence-corrected chi connectivity index (χ0v) is 13.6. The zero-order valence-electron chi connectivity index (χ0n) is 13.6. The number of likely N-dealkylation sites (N-methyl/N-ethyl adjacent to an activating group) is 1. The minimum absolute atomic E-state index is 0.167. The van der Waals surface area contributed by atoms with Gasteiger partial charge in [-0.1, -0.05) is 38.5 Å². The van der Waals surface area contributed by atoms with E-state index < -0.39 is 0 Å². The van der Waals surface area contributed by atoms with Crippen molar-refractivity contribution in [2.45, 2.75) is 69.7 Å². The average molecular weight is 282 g/mol. The van der Waals surface area contributed by atoms with Crippen LogP contribution in [-0.4, -0.2) is 49.3 Å². The van der Waals surface area contributed by atoms with E-state index in [0.717, 1.165) is 13.1 Å². The first kappa shape index (κ1) is 16.3. The van der Waals surface area contributed by atoms with Gasteiger partial charge in [0.25, 0.3) is 0 Å². The zero-order chi connectivity index (χ0) is 14.5. The summed E-state index contributed by atoms with van der Waals surface area (Å²) >= 11 is 0. The van der Waals surface area contributed by atoms with Gasteiger partial charge in [0.15, 0.2) is 0 Å². The maximum absolute atomic E-state index is 9.80. The van der Waals surface area contributed by atoms with E-state index in [1.807, 2.05) is 0 Å². The van der Waals surface area contributed by atoms with Crippen molar-refractivity contribution in [3.8, 4) is 0 Å². The number of nitrogens with one attached hydrogen (secondary N) is 1. The number of nitrogens with zero attached hydrogens (tertiary/aromatic N) is 1. The summed E-state index contributed by atoms with van der Waals surface area (Å²) < 4.78 is 0. The van der Waals surface area contributed by atoms with Crippen LogP contribution in [0.25, 0.3) is 0 Å². The van der Waals surface area contributed by atoms with Crippen molar-refractivity contribution in [3.63, 3.8) is 0 Å². The molecule has 0 spiro atoms. The lowest BCUT2D eigenvalue weighted by Crippen LogP contribution is -2.54. The minimum Gasteiger partial charge on any atom is -0.396 e. The Bertz CT molecular complexity index is 279. The summed E-state index contributed by atoms with van der Waals surface area (Å²) in [5, 5.41) is 13.5. The SMILES string of the molecule is CN(C)C1(CNCC2(CO)CCCCC2)CCCCC1. The molecule has 0 aromatic heterocycles. The molecule has 2 aliphatic rings. The highest BCUT2D eigenvalue weighted by Crippen LogP contribution is 2.36. The van der Waals surface area contributed by atoms with Crippen LogP contribution in [0.15, 0.2) is 0 Å². The summed E-state index contributed by atoms with van der Waals surface area (Å²) in [5.41, 5.74) is 0.518. The standard InChI is InChI=1S/C17H34N2O/c1-19(2)17(11-7-4-8-12-17)14-18-13-16(15-20)9-5-3-6-10-16/h18,20H,3-15H2,1-2H3. The van der Waals surface area contributed by atoms with Crippen LogP contribution in [0.4, 0.5) is 0 Å². The number of aliphatic hydroxyl groups is 1. The van der Waals surface area contributed by atoms with Gasteiger partial charge in [0.05, 0.1) is 0 Å². The van der Waals surface area contributed by atoms with Crippen LogP contribution < -0.4 is 5.32 Å². The minimum atomic E-state index is 0.167. The van der Waals surface area contributed by atoms with E-state index in [9.17, 15) is 5.11 Å². The molecule has 3 heteroatoms. The van der Waals surface area contributed by atoms with Crippen molar-refractivity contribution < 1.29 is 5.11 Å². The maximum atomic E-state index is 9.80.